The standard InChI is InChI=1S/C21H26N2O5S/c1-2-23-14-12-21(13-15-23,16-20(24)22-25)29(26,27)19-10-8-18(9-11-19)28-17-6-4-3-5-7-17/h3-11,25H,2,12-16H2,1H3,(H,22,24). The monoisotopic (exact) mass is 418 g/mol. The fourth-order valence-corrected chi connectivity index (χ4v) is 5.75. The molecule has 0 aromatic heterocycles. The van der Waals surface area contributed by atoms with Gasteiger partial charge in [0.2, 0.25) is 5.91 Å². The molecule has 0 bridgehead atoms. The number of hydrogen-bond acceptors (Lipinski definition) is 6. The minimum atomic E-state index is -3.80. The molecule has 0 spiro atoms. The second-order valence-electron chi connectivity index (χ2n) is 7.22. The third-order valence-corrected chi connectivity index (χ3v) is 8.09. The summed E-state index contributed by atoms with van der Waals surface area (Å²) in [5.74, 6) is 0.492. The van der Waals surface area contributed by atoms with E-state index in [1.54, 1.807) is 17.6 Å². The number of likely N-dealkylation sites (tertiary alicyclic amines) is 1. The minimum Gasteiger partial charge on any atom is -0.457 e. The van der Waals surface area contributed by atoms with E-state index in [1.807, 2.05) is 37.3 Å². The van der Waals surface area contributed by atoms with Gasteiger partial charge in [-0.1, -0.05) is 25.1 Å². The first-order valence-electron chi connectivity index (χ1n) is 9.63. The van der Waals surface area contributed by atoms with E-state index in [9.17, 15) is 13.2 Å². The highest BCUT2D eigenvalue weighted by atomic mass is 32.2. The molecule has 2 aromatic carbocycles. The van der Waals surface area contributed by atoms with Crippen LogP contribution in [-0.2, 0) is 14.6 Å². The number of rotatable bonds is 7. The summed E-state index contributed by atoms with van der Waals surface area (Å²) >= 11 is 0. The molecule has 0 aliphatic carbocycles. The molecule has 1 saturated heterocycles. The second-order valence-corrected chi connectivity index (χ2v) is 9.56. The summed E-state index contributed by atoms with van der Waals surface area (Å²) in [5.41, 5.74) is 1.59. The van der Waals surface area contributed by atoms with Crippen LogP contribution in [0, 0.1) is 0 Å². The number of ether oxygens (including phenoxy) is 1. The number of sulfone groups is 1. The van der Waals surface area contributed by atoms with Gasteiger partial charge in [0.05, 0.1) is 9.64 Å². The maximum absolute atomic E-state index is 13.5. The summed E-state index contributed by atoms with van der Waals surface area (Å²) in [6.07, 6.45) is 0.392. The lowest BCUT2D eigenvalue weighted by atomic mass is 9.92. The van der Waals surface area contributed by atoms with Crippen molar-refractivity contribution < 1.29 is 23.2 Å². The summed E-state index contributed by atoms with van der Waals surface area (Å²) in [4.78, 5) is 14.2. The zero-order chi connectivity index (χ0) is 20.9. The lowest BCUT2D eigenvalue weighted by Gasteiger charge is -2.40. The molecule has 0 saturated carbocycles. The first-order valence-corrected chi connectivity index (χ1v) is 11.1. The molecule has 0 radical (unpaired) electrons. The normalized spacial score (nSPS) is 16.9. The molecular weight excluding hydrogens is 392 g/mol. The van der Waals surface area contributed by atoms with Gasteiger partial charge < -0.3 is 9.64 Å². The predicted octanol–water partition coefficient (Wildman–Crippen LogP) is 3.00. The number of para-hydroxylation sites is 1. The Hall–Kier alpha value is -2.42. The van der Waals surface area contributed by atoms with Crippen LogP contribution in [0.1, 0.15) is 26.2 Å². The summed E-state index contributed by atoms with van der Waals surface area (Å²) < 4.78 is 31.5. The molecule has 156 valence electrons. The number of hydrogen-bond donors (Lipinski definition) is 2. The van der Waals surface area contributed by atoms with Crippen molar-refractivity contribution in [1.82, 2.24) is 10.4 Å². The molecular formula is C21H26N2O5S. The number of nitrogens with zero attached hydrogens (tertiary/aromatic N) is 1. The Morgan fingerprint density at radius 2 is 1.66 bits per heavy atom. The quantitative estimate of drug-likeness (QED) is 0.530. The van der Waals surface area contributed by atoms with Crippen LogP contribution in [-0.4, -0.2) is 48.8 Å². The molecule has 29 heavy (non-hydrogen) atoms. The molecule has 8 heteroatoms. The number of carbonyl (C=O) groups is 1. The SMILES string of the molecule is CCN1CCC(CC(=O)NO)(S(=O)(=O)c2ccc(Oc3ccccc3)cc2)CC1. The van der Waals surface area contributed by atoms with E-state index < -0.39 is 20.5 Å². The number of benzene rings is 2. The zero-order valence-electron chi connectivity index (χ0n) is 16.4. The topological polar surface area (TPSA) is 95.9 Å². The van der Waals surface area contributed by atoms with Gasteiger partial charge in [-0.2, -0.15) is 0 Å². The highest BCUT2D eigenvalue weighted by Crippen LogP contribution is 2.39. The van der Waals surface area contributed by atoms with E-state index in [2.05, 4.69) is 4.90 Å². The van der Waals surface area contributed by atoms with Gasteiger partial charge >= 0.3 is 0 Å². The van der Waals surface area contributed by atoms with Crippen molar-refractivity contribution in [3.05, 3.63) is 54.6 Å². The van der Waals surface area contributed by atoms with Gasteiger partial charge in [-0.05, 0) is 68.9 Å². The predicted molar refractivity (Wildman–Crippen MR) is 109 cm³/mol. The number of hydroxylamine groups is 1. The summed E-state index contributed by atoms with van der Waals surface area (Å²) in [6.45, 7) is 4.02. The molecule has 0 atom stereocenters. The van der Waals surface area contributed by atoms with E-state index in [0.29, 0.717) is 37.4 Å². The van der Waals surface area contributed by atoms with Crippen LogP contribution >= 0.6 is 0 Å². The Kier molecular flexibility index (Phi) is 6.56. The lowest BCUT2D eigenvalue weighted by molar-refractivity contribution is -0.130. The van der Waals surface area contributed by atoms with Gasteiger partial charge in [0.1, 0.15) is 11.5 Å². The summed E-state index contributed by atoms with van der Waals surface area (Å²) in [6, 6.07) is 15.5. The Morgan fingerprint density at radius 1 is 1.07 bits per heavy atom. The van der Waals surface area contributed by atoms with Crippen LogP contribution in [0.3, 0.4) is 0 Å². The van der Waals surface area contributed by atoms with E-state index in [0.717, 1.165) is 6.54 Å². The van der Waals surface area contributed by atoms with Gasteiger partial charge in [0.15, 0.2) is 9.84 Å². The highest BCUT2D eigenvalue weighted by Gasteiger charge is 2.48. The van der Waals surface area contributed by atoms with Gasteiger partial charge in [-0.3, -0.25) is 10.0 Å². The second kappa shape index (κ2) is 8.94. The fourth-order valence-electron chi connectivity index (χ4n) is 3.71. The third-order valence-electron chi connectivity index (χ3n) is 5.50. The number of amides is 1. The smallest absolute Gasteiger partial charge is 0.244 e. The Balaban J connectivity index is 1.86. The number of nitrogens with one attached hydrogen (secondary N) is 1. The van der Waals surface area contributed by atoms with Gasteiger partial charge in [-0.15, -0.1) is 0 Å². The highest BCUT2D eigenvalue weighted by molar-refractivity contribution is 7.92. The first kappa shape index (κ1) is 21.3. The summed E-state index contributed by atoms with van der Waals surface area (Å²) in [5, 5.41) is 8.97. The summed E-state index contributed by atoms with van der Waals surface area (Å²) in [7, 11) is -3.80. The van der Waals surface area contributed by atoms with E-state index in [1.165, 1.54) is 12.1 Å². The van der Waals surface area contributed by atoms with Gasteiger partial charge in [0.25, 0.3) is 0 Å². The molecule has 7 nitrogen and oxygen atoms in total. The lowest BCUT2D eigenvalue weighted by Crippen LogP contribution is -2.51. The van der Waals surface area contributed by atoms with Gasteiger partial charge in [-0.25, -0.2) is 13.9 Å². The van der Waals surface area contributed by atoms with E-state index >= 15 is 0 Å². The third kappa shape index (κ3) is 4.60. The van der Waals surface area contributed by atoms with Crippen molar-refractivity contribution in [3.63, 3.8) is 0 Å². The molecule has 0 unspecified atom stereocenters. The van der Waals surface area contributed by atoms with Crippen molar-refractivity contribution in [2.24, 2.45) is 0 Å². The van der Waals surface area contributed by atoms with Crippen molar-refractivity contribution in [1.29, 1.82) is 0 Å². The average molecular weight is 419 g/mol. The van der Waals surface area contributed by atoms with Crippen molar-refractivity contribution in [2.45, 2.75) is 35.8 Å². The number of piperidine rings is 1. The molecule has 3 rings (SSSR count). The largest absolute Gasteiger partial charge is 0.457 e. The van der Waals surface area contributed by atoms with Crippen molar-refractivity contribution in [2.75, 3.05) is 19.6 Å². The Labute approximate surface area is 171 Å². The van der Waals surface area contributed by atoms with Crippen LogP contribution in [0.15, 0.2) is 59.5 Å². The van der Waals surface area contributed by atoms with E-state index in [-0.39, 0.29) is 11.3 Å². The molecule has 2 aromatic rings. The Morgan fingerprint density at radius 3 is 2.21 bits per heavy atom. The van der Waals surface area contributed by atoms with Crippen molar-refractivity contribution in [3.8, 4) is 11.5 Å². The Bertz CT molecular complexity index is 921. The minimum absolute atomic E-state index is 0.147. The molecule has 1 aliphatic heterocycles. The molecule has 1 fully saturated rings. The van der Waals surface area contributed by atoms with Crippen LogP contribution in [0.2, 0.25) is 0 Å². The fraction of sp³-hybridized carbons (Fsp3) is 0.381. The van der Waals surface area contributed by atoms with Gasteiger partial charge in [0, 0.05) is 6.42 Å². The maximum atomic E-state index is 13.5. The molecule has 1 amide bonds. The average Bonchev–Trinajstić information content (AvgIpc) is 2.75. The van der Waals surface area contributed by atoms with E-state index in [4.69, 9.17) is 9.94 Å². The van der Waals surface area contributed by atoms with Crippen LogP contribution in [0.25, 0.3) is 0 Å². The molecule has 1 aliphatic rings. The van der Waals surface area contributed by atoms with Crippen LogP contribution in [0.5, 0.6) is 11.5 Å². The molecule has 1 heterocycles. The van der Waals surface area contributed by atoms with Crippen LogP contribution < -0.4 is 10.2 Å². The maximum Gasteiger partial charge on any atom is 0.244 e. The van der Waals surface area contributed by atoms with Crippen LogP contribution in [0.4, 0.5) is 0 Å². The zero-order valence-corrected chi connectivity index (χ0v) is 17.2. The molecule has 2 N–H and O–H groups in total. The first-order chi connectivity index (χ1) is 13.9. The number of carbonyl (C=O) groups excluding carboxylic acids is 1. The van der Waals surface area contributed by atoms with Crippen molar-refractivity contribution >= 4 is 15.7 Å².